The Morgan fingerprint density at radius 3 is 2.32 bits per heavy atom. The fourth-order valence-electron chi connectivity index (χ4n) is 3.34. The SMILES string of the molecule is Nc1ccccc1NN(c1cc(Cl)ccc1S(=O)(=O)O)c1cccc2cccc(O)c12. The van der Waals surface area contributed by atoms with Crippen LogP contribution in [0, 0.1) is 0 Å². The molecule has 0 unspecified atom stereocenters. The van der Waals surface area contributed by atoms with Crippen LogP contribution in [-0.2, 0) is 10.1 Å². The van der Waals surface area contributed by atoms with Crippen molar-refractivity contribution in [3.05, 3.63) is 83.9 Å². The molecule has 0 aliphatic rings. The van der Waals surface area contributed by atoms with Crippen molar-refractivity contribution in [3.8, 4) is 5.75 Å². The Hall–Kier alpha value is -3.46. The second-order valence-electron chi connectivity index (χ2n) is 6.77. The summed E-state index contributed by atoms with van der Waals surface area (Å²) in [6, 6.07) is 21.2. The summed E-state index contributed by atoms with van der Waals surface area (Å²) in [6.07, 6.45) is 0. The zero-order chi connectivity index (χ0) is 22.2. The van der Waals surface area contributed by atoms with Crippen molar-refractivity contribution in [2.24, 2.45) is 0 Å². The molecule has 0 amide bonds. The third kappa shape index (κ3) is 4.09. The molecule has 31 heavy (non-hydrogen) atoms. The van der Waals surface area contributed by atoms with Gasteiger partial charge in [-0.05, 0) is 47.9 Å². The van der Waals surface area contributed by atoms with Gasteiger partial charge in [0.2, 0.25) is 0 Å². The van der Waals surface area contributed by atoms with Gasteiger partial charge in [0.15, 0.2) is 0 Å². The summed E-state index contributed by atoms with van der Waals surface area (Å²) in [5.74, 6) is -0.00336. The number of anilines is 4. The summed E-state index contributed by atoms with van der Waals surface area (Å²) in [5, 5.41) is 13.4. The van der Waals surface area contributed by atoms with Crippen LogP contribution >= 0.6 is 11.6 Å². The molecule has 9 heteroatoms. The van der Waals surface area contributed by atoms with Gasteiger partial charge in [-0.3, -0.25) is 15.0 Å². The summed E-state index contributed by atoms with van der Waals surface area (Å²) < 4.78 is 34.1. The predicted octanol–water partition coefficient (Wildman–Crippen LogP) is 5.19. The zero-order valence-corrected chi connectivity index (χ0v) is 17.6. The van der Waals surface area contributed by atoms with Crippen LogP contribution in [0.2, 0.25) is 5.02 Å². The van der Waals surface area contributed by atoms with E-state index in [0.29, 0.717) is 22.4 Å². The lowest BCUT2D eigenvalue weighted by molar-refractivity contribution is 0.481. The van der Waals surface area contributed by atoms with Gasteiger partial charge in [-0.25, -0.2) is 0 Å². The Morgan fingerprint density at radius 2 is 1.61 bits per heavy atom. The maximum atomic E-state index is 12.1. The van der Waals surface area contributed by atoms with Crippen LogP contribution < -0.4 is 16.2 Å². The first-order chi connectivity index (χ1) is 14.8. The van der Waals surface area contributed by atoms with Crippen molar-refractivity contribution in [1.29, 1.82) is 0 Å². The van der Waals surface area contributed by atoms with E-state index in [-0.39, 0.29) is 21.4 Å². The highest BCUT2D eigenvalue weighted by Crippen LogP contribution is 2.40. The van der Waals surface area contributed by atoms with Gasteiger partial charge in [0, 0.05) is 10.4 Å². The summed E-state index contributed by atoms with van der Waals surface area (Å²) in [4.78, 5) is -0.369. The molecule has 4 aromatic rings. The van der Waals surface area contributed by atoms with E-state index in [2.05, 4.69) is 5.43 Å². The molecule has 158 valence electrons. The first-order valence-electron chi connectivity index (χ1n) is 9.15. The van der Waals surface area contributed by atoms with E-state index in [1.54, 1.807) is 42.5 Å². The van der Waals surface area contributed by atoms with Crippen molar-refractivity contribution < 1.29 is 18.1 Å². The highest BCUT2D eigenvalue weighted by atomic mass is 35.5. The minimum atomic E-state index is -4.60. The topological polar surface area (TPSA) is 116 Å². The van der Waals surface area contributed by atoms with E-state index < -0.39 is 10.1 Å². The van der Waals surface area contributed by atoms with Crippen molar-refractivity contribution in [1.82, 2.24) is 0 Å². The monoisotopic (exact) mass is 455 g/mol. The number of fused-ring (bicyclic) bond motifs is 1. The Bertz CT molecular complexity index is 1390. The summed E-state index contributed by atoms with van der Waals surface area (Å²) in [7, 11) is -4.60. The average Bonchev–Trinajstić information content (AvgIpc) is 2.72. The number of hydrogen-bond donors (Lipinski definition) is 4. The second kappa shape index (κ2) is 7.99. The average molecular weight is 456 g/mol. The molecule has 0 radical (unpaired) electrons. The molecule has 0 heterocycles. The number of hydrogen-bond acceptors (Lipinski definition) is 6. The Labute approximate surface area is 184 Å². The highest BCUT2D eigenvalue weighted by molar-refractivity contribution is 7.86. The van der Waals surface area contributed by atoms with Gasteiger partial charge < -0.3 is 10.8 Å². The molecule has 0 aliphatic heterocycles. The number of halogens is 1. The van der Waals surface area contributed by atoms with Crippen molar-refractivity contribution in [2.75, 3.05) is 16.2 Å². The molecule has 7 nitrogen and oxygen atoms in total. The van der Waals surface area contributed by atoms with E-state index in [1.165, 1.54) is 29.3 Å². The smallest absolute Gasteiger partial charge is 0.296 e. The van der Waals surface area contributed by atoms with E-state index in [9.17, 15) is 18.1 Å². The standard InChI is InChI=1S/C22H18ClN3O4S/c23-15-11-12-21(31(28,29)30)19(13-15)26(25-17-8-2-1-7-16(17)24)18-9-3-5-14-6-4-10-20(27)22(14)18/h1-13,25,27H,24H2,(H,28,29,30). The van der Waals surface area contributed by atoms with E-state index in [0.717, 1.165) is 5.39 Å². The molecule has 0 fully saturated rings. The molecule has 4 aromatic carbocycles. The third-order valence-electron chi connectivity index (χ3n) is 4.73. The lowest BCUT2D eigenvalue weighted by Gasteiger charge is -2.30. The molecule has 4 rings (SSSR count). The van der Waals surface area contributed by atoms with Gasteiger partial charge in [0.05, 0.1) is 22.7 Å². The molecule has 0 bridgehead atoms. The van der Waals surface area contributed by atoms with Crippen LogP contribution in [0.1, 0.15) is 0 Å². The lowest BCUT2D eigenvalue weighted by Crippen LogP contribution is -2.27. The summed E-state index contributed by atoms with van der Waals surface area (Å²) in [5.41, 5.74) is 10.6. The van der Waals surface area contributed by atoms with E-state index in [1.807, 2.05) is 12.1 Å². The number of phenols is 1. The van der Waals surface area contributed by atoms with Gasteiger partial charge in [-0.1, -0.05) is 48.0 Å². The minimum Gasteiger partial charge on any atom is -0.507 e. The number of hydrazine groups is 1. The first-order valence-corrected chi connectivity index (χ1v) is 11.0. The molecule has 0 aliphatic carbocycles. The maximum absolute atomic E-state index is 12.1. The summed E-state index contributed by atoms with van der Waals surface area (Å²) in [6.45, 7) is 0. The van der Waals surface area contributed by atoms with E-state index in [4.69, 9.17) is 17.3 Å². The number of nitrogens with one attached hydrogen (secondary N) is 1. The van der Waals surface area contributed by atoms with Crippen LogP contribution in [0.15, 0.2) is 83.8 Å². The molecular formula is C22H18ClN3O4S. The predicted molar refractivity (Wildman–Crippen MR) is 123 cm³/mol. The number of para-hydroxylation sites is 2. The number of rotatable bonds is 5. The molecule has 0 aromatic heterocycles. The molecular weight excluding hydrogens is 438 g/mol. The highest BCUT2D eigenvalue weighted by Gasteiger charge is 2.24. The number of nitrogens with zero attached hydrogens (tertiary/aromatic N) is 1. The maximum Gasteiger partial charge on any atom is 0.296 e. The first kappa shape index (κ1) is 20.8. The second-order valence-corrected chi connectivity index (χ2v) is 8.60. The van der Waals surface area contributed by atoms with Crippen molar-refractivity contribution >= 4 is 55.2 Å². The quantitative estimate of drug-likeness (QED) is 0.186. The number of aromatic hydroxyl groups is 1. The number of nitrogens with two attached hydrogens (primary N) is 1. The number of phenolic OH excluding ortho intramolecular Hbond substituents is 1. The molecule has 0 saturated heterocycles. The molecule has 0 saturated carbocycles. The minimum absolute atomic E-state index is 0.00336. The van der Waals surface area contributed by atoms with Crippen LogP contribution in [0.5, 0.6) is 5.75 Å². The molecule has 0 spiro atoms. The van der Waals surface area contributed by atoms with Crippen LogP contribution in [0.4, 0.5) is 22.7 Å². The van der Waals surface area contributed by atoms with Gasteiger partial charge in [0.25, 0.3) is 10.1 Å². The van der Waals surface area contributed by atoms with Crippen LogP contribution in [0.3, 0.4) is 0 Å². The fraction of sp³-hybridized carbons (Fsp3) is 0. The van der Waals surface area contributed by atoms with Gasteiger partial charge in [-0.15, -0.1) is 0 Å². The van der Waals surface area contributed by atoms with Crippen LogP contribution in [0.25, 0.3) is 10.8 Å². The van der Waals surface area contributed by atoms with Crippen LogP contribution in [-0.4, -0.2) is 18.1 Å². The van der Waals surface area contributed by atoms with E-state index >= 15 is 0 Å². The third-order valence-corrected chi connectivity index (χ3v) is 5.87. The largest absolute Gasteiger partial charge is 0.507 e. The van der Waals surface area contributed by atoms with Crippen molar-refractivity contribution in [2.45, 2.75) is 4.90 Å². The van der Waals surface area contributed by atoms with Gasteiger partial charge >= 0.3 is 0 Å². The number of nitrogen functional groups attached to an aromatic ring is 1. The summed E-state index contributed by atoms with van der Waals surface area (Å²) >= 11 is 6.18. The molecule has 0 atom stereocenters. The Kier molecular flexibility index (Phi) is 5.36. The molecule has 5 N–H and O–H groups in total. The zero-order valence-electron chi connectivity index (χ0n) is 16.0. The fourth-order valence-corrected chi connectivity index (χ4v) is 4.16. The normalized spacial score (nSPS) is 11.4. The number of benzene rings is 4. The Balaban J connectivity index is 2.04. The lowest BCUT2D eigenvalue weighted by atomic mass is 10.1. The van der Waals surface area contributed by atoms with Crippen molar-refractivity contribution in [3.63, 3.8) is 0 Å². The Morgan fingerprint density at radius 1 is 0.903 bits per heavy atom. The van der Waals surface area contributed by atoms with Gasteiger partial charge in [-0.2, -0.15) is 8.42 Å². The van der Waals surface area contributed by atoms with Gasteiger partial charge in [0.1, 0.15) is 10.6 Å².